The molecule has 0 aliphatic carbocycles. The van der Waals surface area contributed by atoms with Crippen LogP contribution in [0.2, 0.25) is 0 Å². The van der Waals surface area contributed by atoms with Crippen LogP contribution in [0, 0.1) is 0 Å². The first-order chi connectivity index (χ1) is 9.74. The Morgan fingerprint density at radius 1 is 1.05 bits per heavy atom. The number of aromatic nitrogens is 2. The SMILES string of the molecule is O=C(Cn1c(=O)[nH]c2ccccc21)Nc1ccccc1. The highest BCUT2D eigenvalue weighted by atomic mass is 16.2. The molecule has 2 N–H and O–H groups in total. The van der Waals surface area contributed by atoms with Crippen molar-refractivity contribution in [2.45, 2.75) is 6.54 Å². The molecule has 3 aromatic rings. The van der Waals surface area contributed by atoms with E-state index in [1.54, 1.807) is 12.1 Å². The number of rotatable bonds is 3. The number of hydrogen-bond donors (Lipinski definition) is 2. The molecular formula is C15H13N3O2. The standard InChI is InChI=1S/C15H13N3O2/c19-14(16-11-6-2-1-3-7-11)10-18-13-9-5-4-8-12(13)17-15(18)20/h1-9H,10H2,(H,16,19)(H,17,20). The van der Waals surface area contributed by atoms with Gasteiger partial charge in [-0.25, -0.2) is 4.79 Å². The van der Waals surface area contributed by atoms with Crippen LogP contribution in [0.15, 0.2) is 59.4 Å². The zero-order valence-corrected chi connectivity index (χ0v) is 10.7. The number of fused-ring (bicyclic) bond motifs is 1. The van der Waals surface area contributed by atoms with Gasteiger partial charge in [-0.2, -0.15) is 0 Å². The summed E-state index contributed by atoms with van der Waals surface area (Å²) in [5.41, 5.74) is 1.88. The molecule has 5 nitrogen and oxygen atoms in total. The van der Waals surface area contributed by atoms with Crippen LogP contribution in [0.3, 0.4) is 0 Å². The van der Waals surface area contributed by atoms with Crippen molar-refractivity contribution in [1.29, 1.82) is 0 Å². The van der Waals surface area contributed by atoms with Crippen LogP contribution in [0.25, 0.3) is 11.0 Å². The number of anilines is 1. The summed E-state index contributed by atoms with van der Waals surface area (Å²) in [5, 5.41) is 2.76. The van der Waals surface area contributed by atoms with Gasteiger partial charge in [-0.1, -0.05) is 30.3 Å². The van der Waals surface area contributed by atoms with Gasteiger partial charge in [0.05, 0.1) is 11.0 Å². The second kappa shape index (κ2) is 5.05. The molecule has 3 rings (SSSR count). The molecule has 1 aromatic heterocycles. The van der Waals surface area contributed by atoms with Crippen molar-refractivity contribution >= 4 is 22.6 Å². The van der Waals surface area contributed by atoms with Gasteiger partial charge in [-0.3, -0.25) is 9.36 Å². The fraction of sp³-hybridized carbons (Fsp3) is 0.0667. The predicted molar refractivity (Wildman–Crippen MR) is 77.6 cm³/mol. The smallest absolute Gasteiger partial charge is 0.325 e. The van der Waals surface area contributed by atoms with E-state index in [0.29, 0.717) is 5.69 Å². The topological polar surface area (TPSA) is 66.9 Å². The Bertz CT molecular complexity index is 803. The maximum absolute atomic E-state index is 12.0. The molecule has 1 heterocycles. The summed E-state index contributed by atoms with van der Waals surface area (Å²) in [6.45, 7) is -0.0161. The number of aromatic amines is 1. The quantitative estimate of drug-likeness (QED) is 0.762. The third kappa shape index (κ3) is 2.33. The first-order valence-corrected chi connectivity index (χ1v) is 6.26. The van der Waals surface area contributed by atoms with E-state index >= 15 is 0 Å². The van der Waals surface area contributed by atoms with Crippen LogP contribution in [-0.4, -0.2) is 15.5 Å². The van der Waals surface area contributed by atoms with Gasteiger partial charge in [0.15, 0.2) is 0 Å². The number of nitrogens with zero attached hydrogens (tertiary/aromatic N) is 1. The van der Waals surface area contributed by atoms with Crippen LogP contribution in [0.5, 0.6) is 0 Å². The minimum absolute atomic E-state index is 0.0161. The van der Waals surface area contributed by atoms with Crippen molar-refractivity contribution < 1.29 is 4.79 Å². The van der Waals surface area contributed by atoms with Gasteiger partial charge >= 0.3 is 5.69 Å². The maximum Gasteiger partial charge on any atom is 0.326 e. The average molecular weight is 267 g/mol. The van der Waals surface area contributed by atoms with Gasteiger partial charge in [0.2, 0.25) is 5.91 Å². The van der Waals surface area contributed by atoms with Gasteiger partial charge < -0.3 is 10.3 Å². The van der Waals surface area contributed by atoms with Crippen molar-refractivity contribution in [3.63, 3.8) is 0 Å². The second-order valence-corrected chi connectivity index (χ2v) is 4.45. The van der Waals surface area contributed by atoms with E-state index in [4.69, 9.17) is 0 Å². The molecule has 0 fully saturated rings. The Kier molecular flexibility index (Phi) is 3.09. The summed E-state index contributed by atoms with van der Waals surface area (Å²) in [5.74, 6) is -0.233. The highest BCUT2D eigenvalue weighted by molar-refractivity contribution is 5.91. The Morgan fingerprint density at radius 3 is 2.55 bits per heavy atom. The van der Waals surface area contributed by atoms with Crippen LogP contribution >= 0.6 is 0 Å². The number of nitrogens with one attached hydrogen (secondary N) is 2. The first-order valence-electron chi connectivity index (χ1n) is 6.26. The Hall–Kier alpha value is -2.82. The Morgan fingerprint density at radius 2 is 1.75 bits per heavy atom. The lowest BCUT2D eigenvalue weighted by atomic mass is 10.3. The third-order valence-corrected chi connectivity index (χ3v) is 3.04. The summed E-state index contributed by atoms with van der Waals surface area (Å²) in [4.78, 5) is 26.6. The monoisotopic (exact) mass is 267 g/mol. The molecular weight excluding hydrogens is 254 g/mol. The van der Waals surface area contributed by atoms with Crippen LogP contribution in [0.4, 0.5) is 5.69 Å². The van der Waals surface area contributed by atoms with Gasteiger partial charge in [-0.05, 0) is 24.3 Å². The molecule has 1 amide bonds. The summed E-state index contributed by atoms with van der Waals surface area (Å²) in [6.07, 6.45) is 0. The van der Waals surface area contributed by atoms with Crippen LogP contribution in [-0.2, 0) is 11.3 Å². The van der Waals surface area contributed by atoms with Crippen LogP contribution < -0.4 is 11.0 Å². The number of imidazole rings is 1. The lowest BCUT2D eigenvalue weighted by Crippen LogP contribution is -2.25. The van der Waals surface area contributed by atoms with E-state index in [1.807, 2.05) is 42.5 Å². The number of carbonyl (C=O) groups excluding carboxylic acids is 1. The molecule has 20 heavy (non-hydrogen) atoms. The zero-order valence-electron chi connectivity index (χ0n) is 10.7. The number of para-hydroxylation sites is 3. The van der Waals surface area contributed by atoms with Crippen molar-refractivity contribution in [2.75, 3.05) is 5.32 Å². The molecule has 5 heteroatoms. The minimum atomic E-state index is -0.283. The van der Waals surface area contributed by atoms with E-state index in [1.165, 1.54) is 4.57 Å². The molecule has 0 aliphatic rings. The maximum atomic E-state index is 12.0. The highest BCUT2D eigenvalue weighted by Crippen LogP contribution is 2.09. The molecule has 0 aliphatic heterocycles. The summed E-state index contributed by atoms with van der Waals surface area (Å²) >= 11 is 0. The lowest BCUT2D eigenvalue weighted by molar-refractivity contribution is -0.116. The van der Waals surface area contributed by atoms with Gasteiger partial charge in [0.1, 0.15) is 6.54 Å². The number of hydrogen-bond acceptors (Lipinski definition) is 2. The number of carbonyl (C=O) groups is 1. The van der Waals surface area contributed by atoms with Gasteiger partial charge in [-0.15, -0.1) is 0 Å². The van der Waals surface area contributed by atoms with E-state index < -0.39 is 0 Å². The van der Waals surface area contributed by atoms with E-state index in [9.17, 15) is 9.59 Å². The van der Waals surface area contributed by atoms with Gasteiger partial charge in [0, 0.05) is 5.69 Å². The number of H-pyrrole nitrogens is 1. The van der Waals surface area contributed by atoms with E-state index in [-0.39, 0.29) is 18.1 Å². The zero-order chi connectivity index (χ0) is 13.9. The molecule has 100 valence electrons. The third-order valence-electron chi connectivity index (χ3n) is 3.04. The van der Waals surface area contributed by atoms with E-state index in [2.05, 4.69) is 10.3 Å². The predicted octanol–water partition coefficient (Wildman–Crippen LogP) is 1.97. The number of benzene rings is 2. The Balaban J connectivity index is 1.85. The molecule has 0 spiro atoms. The molecule has 0 saturated carbocycles. The van der Waals surface area contributed by atoms with Crippen molar-refractivity contribution in [3.05, 3.63) is 65.1 Å². The number of amides is 1. The average Bonchev–Trinajstić information content (AvgIpc) is 2.76. The molecule has 0 radical (unpaired) electrons. The second-order valence-electron chi connectivity index (χ2n) is 4.45. The minimum Gasteiger partial charge on any atom is -0.325 e. The summed E-state index contributed by atoms with van der Waals surface area (Å²) < 4.78 is 1.42. The van der Waals surface area contributed by atoms with Crippen molar-refractivity contribution in [3.8, 4) is 0 Å². The first kappa shape index (κ1) is 12.2. The van der Waals surface area contributed by atoms with Crippen LogP contribution in [0.1, 0.15) is 0 Å². The van der Waals surface area contributed by atoms with Crippen molar-refractivity contribution in [1.82, 2.24) is 9.55 Å². The fourth-order valence-corrected chi connectivity index (χ4v) is 2.13. The summed E-state index contributed by atoms with van der Waals surface area (Å²) in [6, 6.07) is 16.5. The normalized spacial score (nSPS) is 10.6. The van der Waals surface area contributed by atoms with Crippen molar-refractivity contribution in [2.24, 2.45) is 0 Å². The lowest BCUT2D eigenvalue weighted by Gasteiger charge is -2.05. The summed E-state index contributed by atoms with van der Waals surface area (Å²) in [7, 11) is 0. The molecule has 0 saturated heterocycles. The molecule has 2 aromatic carbocycles. The largest absolute Gasteiger partial charge is 0.326 e. The highest BCUT2D eigenvalue weighted by Gasteiger charge is 2.10. The molecule has 0 unspecified atom stereocenters. The van der Waals surface area contributed by atoms with E-state index in [0.717, 1.165) is 11.0 Å². The molecule has 0 atom stereocenters. The Labute approximate surface area is 114 Å². The molecule has 0 bridgehead atoms. The fourth-order valence-electron chi connectivity index (χ4n) is 2.13. The van der Waals surface area contributed by atoms with Gasteiger partial charge in [0.25, 0.3) is 0 Å².